The van der Waals surface area contributed by atoms with E-state index in [9.17, 15) is 17.6 Å². The molecule has 1 saturated carbocycles. The Morgan fingerprint density at radius 3 is 2.32 bits per heavy atom. The summed E-state index contributed by atoms with van der Waals surface area (Å²) < 4.78 is 50.3. The Morgan fingerprint density at radius 1 is 1.09 bits per heavy atom. The molecule has 1 aliphatic carbocycles. The number of alkyl halides is 3. The molecule has 0 aromatic heterocycles. The fraction of sp³-hybridized carbons (Fsp3) is 0.444. The van der Waals surface area contributed by atoms with Gasteiger partial charge in [-0.1, -0.05) is 24.3 Å². The summed E-state index contributed by atoms with van der Waals surface area (Å²) in [4.78, 5) is 0. The monoisotopic (exact) mass is 312 g/mol. The largest absolute Gasteiger partial charge is 0.409 e. The minimum Gasteiger partial charge on any atom is -0.206 e. The third kappa shape index (κ3) is 4.72. The zero-order chi connectivity index (χ0) is 16.2. The van der Waals surface area contributed by atoms with Crippen molar-refractivity contribution in [2.75, 3.05) is 0 Å². The van der Waals surface area contributed by atoms with Gasteiger partial charge in [-0.05, 0) is 62.1 Å². The van der Waals surface area contributed by atoms with Crippen LogP contribution in [-0.2, 0) is 0 Å². The predicted molar refractivity (Wildman–Crippen MR) is 81.0 cm³/mol. The third-order valence-corrected chi connectivity index (χ3v) is 4.18. The molecule has 0 spiro atoms. The summed E-state index contributed by atoms with van der Waals surface area (Å²) in [5, 5.41) is 0. The maximum absolute atomic E-state index is 13.9. The van der Waals surface area contributed by atoms with E-state index in [4.69, 9.17) is 0 Å². The number of hydrogen-bond acceptors (Lipinski definition) is 0. The molecule has 1 fully saturated rings. The number of halogens is 4. The highest BCUT2D eigenvalue weighted by atomic mass is 19.4. The van der Waals surface area contributed by atoms with E-state index in [-0.39, 0.29) is 11.6 Å². The van der Waals surface area contributed by atoms with Crippen molar-refractivity contribution in [3.8, 4) is 0 Å². The molecule has 0 heterocycles. The fourth-order valence-corrected chi connectivity index (χ4v) is 3.03. The van der Waals surface area contributed by atoms with Crippen molar-refractivity contribution < 1.29 is 17.6 Å². The summed E-state index contributed by atoms with van der Waals surface area (Å²) in [6.07, 6.45) is 4.83. The average molecular weight is 312 g/mol. The Hall–Kier alpha value is -1.58. The van der Waals surface area contributed by atoms with Gasteiger partial charge in [-0.2, -0.15) is 13.2 Å². The molecule has 0 atom stereocenters. The topological polar surface area (TPSA) is 0 Å². The van der Waals surface area contributed by atoms with Crippen molar-refractivity contribution in [3.05, 3.63) is 53.4 Å². The zero-order valence-electron chi connectivity index (χ0n) is 12.5. The molecule has 0 aliphatic heterocycles. The summed E-state index contributed by atoms with van der Waals surface area (Å²) in [6.45, 7) is 2.01. The van der Waals surface area contributed by atoms with Gasteiger partial charge in [0, 0.05) is 11.6 Å². The minimum absolute atomic E-state index is 0.0244. The molecule has 1 aliphatic rings. The molecule has 0 saturated heterocycles. The van der Waals surface area contributed by atoms with E-state index >= 15 is 0 Å². The lowest BCUT2D eigenvalue weighted by Crippen LogP contribution is -2.12. The lowest BCUT2D eigenvalue weighted by Gasteiger charge is -2.27. The van der Waals surface area contributed by atoms with E-state index in [1.165, 1.54) is 12.1 Å². The van der Waals surface area contributed by atoms with Crippen molar-refractivity contribution in [2.45, 2.75) is 44.7 Å². The van der Waals surface area contributed by atoms with Gasteiger partial charge in [0.05, 0.1) is 0 Å². The number of hydrogen-bond donors (Lipinski definition) is 0. The van der Waals surface area contributed by atoms with Crippen LogP contribution in [0.1, 0.15) is 49.7 Å². The summed E-state index contributed by atoms with van der Waals surface area (Å²) in [5.41, 5.74) is 0.865. The number of benzene rings is 1. The normalized spacial score (nSPS) is 23.5. The second kappa shape index (κ2) is 7.12. The van der Waals surface area contributed by atoms with Gasteiger partial charge in [-0.3, -0.25) is 0 Å². The molecular weight excluding hydrogens is 292 g/mol. The van der Waals surface area contributed by atoms with E-state index < -0.39 is 12.0 Å². The quantitative estimate of drug-likeness (QED) is 0.457. The summed E-state index contributed by atoms with van der Waals surface area (Å²) >= 11 is 0. The smallest absolute Gasteiger partial charge is 0.206 e. The average Bonchev–Trinajstić information content (AvgIpc) is 2.46. The molecule has 1 aromatic carbocycles. The first kappa shape index (κ1) is 16.8. The van der Waals surface area contributed by atoms with Crippen molar-refractivity contribution in [1.29, 1.82) is 0 Å². The van der Waals surface area contributed by atoms with E-state index in [1.54, 1.807) is 6.07 Å². The molecular formula is C18H20F4. The van der Waals surface area contributed by atoms with Crippen LogP contribution in [0.25, 0.3) is 6.08 Å². The van der Waals surface area contributed by atoms with Gasteiger partial charge >= 0.3 is 6.18 Å². The summed E-state index contributed by atoms with van der Waals surface area (Å²) in [5.74, 6) is 0.310. The molecule has 0 amide bonds. The first-order valence-corrected chi connectivity index (χ1v) is 7.57. The number of rotatable bonds is 3. The minimum atomic E-state index is -4.42. The molecule has 120 valence electrons. The van der Waals surface area contributed by atoms with E-state index in [0.717, 1.165) is 37.3 Å². The van der Waals surface area contributed by atoms with Gasteiger partial charge in [-0.15, -0.1) is 0 Å². The summed E-state index contributed by atoms with van der Waals surface area (Å²) in [7, 11) is 0. The van der Waals surface area contributed by atoms with Crippen molar-refractivity contribution in [3.63, 3.8) is 0 Å². The van der Waals surface area contributed by atoms with Crippen LogP contribution in [0.5, 0.6) is 0 Å². The van der Waals surface area contributed by atoms with Crippen LogP contribution in [0, 0.1) is 11.7 Å². The Labute approximate surface area is 128 Å². The second-order valence-corrected chi connectivity index (χ2v) is 5.79. The van der Waals surface area contributed by atoms with Gasteiger partial charge < -0.3 is 0 Å². The van der Waals surface area contributed by atoms with Crippen LogP contribution in [0.3, 0.4) is 0 Å². The molecule has 2 rings (SSSR count). The van der Waals surface area contributed by atoms with Gasteiger partial charge in [0.25, 0.3) is 0 Å². The van der Waals surface area contributed by atoms with Gasteiger partial charge in [-0.25, -0.2) is 4.39 Å². The fourth-order valence-electron chi connectivity index (χ4n) is 3.03. The zero-order valence-corrected chi connectivity index (χ0v) is 12.5. The molecule has 0 N–H and O–H groups in total. The second-order valence-electron chi connectivity index (χ2n) is 5.79. The van der Waals surface area contributed by atoms with Gasteiger partial charge in [0.2, 0.25) is 0 Å². The SMILES string of the molecule is CC=CC1CCC(c2ccc(C=CC(F)(F)F)c(F)c2)CC1. The highest BCUT2D eigenvalue weighted by Gasteiger charge is 2.23. The van der Waals surface area contributed by atoms with Crippen LogP contribution in [-0.4, -0.2) is 6.18 Å². The predicted octanol–water partition coefficient (Wildman–Crippen LogP) is 6.25. The van der Waals surface area contributed by atoms with Crippen LogP contribution in [0.4, 0.5) is 17.6 Å². The van der Waals surface area contributed by atoms with E-state index in [2.05, 4.69) is 12.2 Å². The first-order valence-electron chi connectivity index (χ1n) is 7.57. The molecule has 0 unspecified atom stereocenters. The van der Waals surface area contributed by atoms with Gasteiger partial charge in [0.15, 0.2) is 0 Å². The van der Waals surface area contributed by atoms with E-state index in [1.807, 2.05) is 6.92 Å². The molecule has 22 heavy (non-hydrogen) atoms. The molecule has 1 aromatic rings. The highest BCUT2D eigenvalue weighted by molar-refractivity contribution is 5.51. The van der Waals surface area contributed by atoms with Crippen LogP contribution in [0.2, 0.25) is 0 Å². The maximum atomic E-state index is 13.9. The Morgan fingerprint density at radius 2 is 1.77 bits per heavy atom. The summed E-state index contributed by atoms with van der Waals surface area (Å²) in [6, 6.07) is 4.57. The molecule has 0 nitrogen and oxygen atoms in total. The van der Waals surface area contributed by atoms with Crippen molar-refractivity contribution in [1.82, 2.24) is 0 Å². The van der Waals surface area contributed by atoms with Crippen molar-refractivity contribution >= 4 is 6.08 Å². The highest BCUT2D eigenvalue weighted by Crippen LogP contribution is 2.36. The molecule has 4 heteroatoms. The van der Waals surface area contributed by atoms with Crippen LogP contribution in [0.15, 0.2) is 36.4 Å². The number of allylic oxidation sites excluding steroid dienone is 3. The lowest BCUT2D eigenvalue weighted by molar-refractivity contribution is -0.0790. The maximum Gasteiger partial charge on any atom is 0.409 e. The molecule has 0 radical (unpaired) electrons. The molecule has 0 bridgehead atoms. The van der Waals surface area contributed by atoms with Gasteiger partial charge in [0.1, 0.15) is 5.82 Å². The lowest BCUT2D eigenvalue weighted by atomic mass is 9.78. The van der Waals surface area contributed by atoms with Crippen LogP contribution >= 0.6 is 0 Å². The Kier molecular flexibility index (Phi) is 5.43. The standard InChI is InChI=1S/C18H20F4/c1-2-3-13-4-6-14(7-5-13)16-9-8-15(17(19)12-16)10-11-18(20,21)22/h2-3,8-14H,4-7H2,1H3. The van der Waals surface area contributed by atoms with Crippen molar-refractivity contribution in [2.24, 2.45) is 5.92 Å². The third-order valence-electron chi connectivity index (χ3n) is 4.18. The van der Waals surface area contributed by atoms with E-state index in [0.29, 0.717) is 11.8 Å². The Bertz CT molecular complexity index is 547. The first-order chi connectivity index (χ1) is 10.4. The Balaban J connectivity index is 2.05. The van der Waals surface area contributed by atoms with Crippen LogP contribution < -0.4 is 0 Å².